The molecule has 0 bridgehead atoms. The highest BCUT2D eigenvalue weighted by molar-refractivity contribution is 9.10. The number of nitrogens with one attached hydrogen (secondary N) is 1. The van der Waals surface area contributed by atoms with E-state index in [1.165, 1.54) is 0 Å². The van der Waals surface area contributed by atoms with Crippen LogP contribution >= 0.6 is 15.9 Å². The Kier molecular flexibility index (Phi) is 3.08. The number of aromatic amines is 1. The zero-order valence-electron chi connectivity index (χ0n) is 10.4. The third-order valence-corrected chi connectivity index (χ3v) is 3.36. The summed E-state index contributed by atoms with van der Waals surface area (Å²) < 4.78 is 2.77. The van der Waals surface area contributed by atoms with Gasteiger partial charge in [-0.1, -0.05) is 21.1 Å². The van der Waals surface area contributed by atoms with Gasteiger partial charge in [0, 0.05) is 11.0 Å². The predicted molar refractivity (Wildman–Crippen MR) is 75.5 cm³/mol. The minimum Gasteiger partial charge on any atom is -0.340 e. The van der Waals surface area contributed by atoms with E-state index in [9.17, 15) is 0 Å². The summed E-state index contributed by atoms with van der Waals surface area (Å²) in [5.41, 5.74) is 9.41. The van der Waals surface area contributed by atoms with Crippen LogP contribution in [0, 0.1) is 6.92 Å². The van der Waals surface area contributed by atoms with Gasteiger partial charge in [0.15, 0.2) is 0 Å². The first-order chi connectivity index (χ1) is 9.15. The third-order valence-electron chi connectivity index (χ3n) is 2.90. The van der Waals surface area contributed by atoms with Crippen LogP contribution in [-0.4, -0.2) is 25.0 Å². The molecule has 1 aromatic carbocycles. The van der Waals surface area contributed by atoms with Crippen molar-refractivity contribution < 1.29 is 0 Å². The Hall–Kier alpha value is -1.73. The van der Waals surface area contributed by atoms with E-state index < -0.39 is 0 Å². The van der Waals surface area contributed by atoms with Crippen molar-refractivity contribution in [3.8, 4) is 0 Å². The van der Waals surface area contributed by atoms with Gasteiger partial charge < -0.3 is 10.7 Å². The van der Waals surface area contributed by atoms with E-state index in [0.717, 1.165) is 32.6 Å². The van der Waals surface area contributed by atoms with Crippen LogP contribution in [0.3, 0.4) is 0 Å². The molecule has 0 fully saturated rings. The van der Waals surface area contributed by atoms with Gasteiger partial charge in [-0.25, -0.2) is 9.67 Å². The Labute approximate surface area is 118 Å². The molecule has 3 aromatic rings. The van der Waals surface area contributed by atoms with E-state index in [-0.39, 0.29) is 0 Å². The van der Waals surface area contributed by atoms with Crippen LogP contribution in [0.2, 0.25) is 0 Å². The molecule has 19 heavy (non-hydrogen) atoms. The van der Waals surface area contributed by atoms with Crippen LogP contribution in [-0.2, 0) is 13.1 Å². The van der Waals surface area contributed by atoms with Crippen LogP contribution < -0.4 is 5.73 Å². The summed E-state index contributed by atoms with van der Waals surface area (Å²) in [7, 11) is 0. The van der Waals surface area contributed by atoms with E-state index in [1.807, 2.05) is 19.2 Å². The second-order valence-electron chi connectivity index (χ2n) is 4.41. The van der Waals surface area contributed by atoms with Crippen LogP contribution in [0.1, 0.15) is 17.1 Å². The average molecular weight is 321 g/mol. The van der Waals surface area contributed by atoms with Crippen molar-refractivity contribution in [2.45, 2.75) is 20.0 Å². The molecule has 0 aliphatic rings. The number of H-pyrrole nitrogens is 1. The summed E-state index contributed by atoms with van der Waals surface area (Å²) in [6, 6.07) is 4.07. The van der Waals surface area contributed by atoms with Gasteiger partial charge in [0.05, 0.1) is 22.9 Å². The molecule has 6 nitrogen and oxygen atoms in total. The van der Waals surface area contributed by atoms with Gasteiger partial charge >= 0.3 is 0 Å². The van der Waals surface area contributed by atoms with Gasteiger partial charge in [-0.2, -0.15) is 0 Å². The second kappa shape index (κ2) is 4.75. The van der Waals surface area contributed by atoms with Crippen LogP contribution in [0.25, 0.3) is 11.0 Å². The van der Waals surface area contributed by atoms with Crippen molar-refractivity contribution in [3.63, 3.8) is 0 Å². The first kappa shape index (κ1) is 12.3. The lowest BCUT2D eigenvalue weighted by Gasteiger charge is -1.94. The molecule has 7 heteroatoms. The Bertz CT molecular complexity index is 729. The Balaban J connectivity index is 1.95. The number of halogens is 1. The molecule has 0 saturated carbocycles. The topological polar surface area (TPSA) is 85.4 Å². The first-order valence-electron chi connectivity index (χ1n) is 5.89. The number of nitrogens with zero attached hydrogens (tertiary/aromatic N) is 4. The fourth-order valence-corrected chi connectivity index (χ4v) is 2.61. The molecule has 3 N–H and O–H groups in total. The van der Waals surface area contributed by atoms with E-state index in [1.54, 1.807) is 4.68 Å². The lowest BCUT2D eigenvalue weighted by atomic mass is 10.2. The average Bonchev–Trinajstić information content (AvgIpc) is 2.96. The highest BCUT2D eigenvalue weighted by Crippen LogP contribution is 2.22. The molecular formula is C12H13BrN6. The zero-order chi connectivity index (χ0) is 13.4. The van der Waals surface area contributed by atoms with Gasteiger partial charge in [0.25, 0.3) is 0 Å². The molecule has 98 valence electrons. The molecule has 0 spiro atoms. The maximum Gasteiger partial charge on any atom is 0.129 e. The maximum atomic E-state index is 5.51. The number of hydrogen-bond donors (Lipinski definition) is 2. The molecule has 0 unspecified atom stereocenters. The highest BCUT2D eigenvalue weighted by atomic mass is 79.9. The van der Waals surface area contributed by atoms with E-state index in [4.69, 9.17) is 5.73 Å². The Morgan fingerprint density at radius 2 is 2.26 bits per heavy atom. The standard InChI is InChI=1S/C12H13BrN6/c1-7-2-8(13)3-10-12(7)16-11(15-10)6-19-5-9(4-14)17-18-19/h2-3,5H,4,6,14H2,1H3,(H,15,16). The van der Waals surface area contributed by atoms with Crippen LogP contribution in [0.4, 0.5) is 0 Å². The lowest BCUT2D eigenvalue weighted by molar-refractivity contribution is 0.630. The number of hydrogen-bond acceptors (Lipinski definition) is 4. The monoisotopic (exact) mass is 320 g/mol. The number of fused-ring (bicyclic) bond motifs is 1. The number of imidazole rings is 1. The van der Waals surface area contributed by atoms with E-state index >= 15 is 0 Å². The minimum absolute atomic E-state index is 0.395. The number of rotatable bonds is 3. The molecule has 0 saturated heterocycles. The van der Waals surface area contributed by atoms with Crippen molar-refractivity contribution in [1.82, 2.24) is 25.0 Å². The molecule has 0 atom stereocenters. The second-order valence-corrected chi connectivity index (χ2v) is 5.33. The van der Waals surface area contributed by atoms with Gasteiger partial charge in [-0.3, -0.25) is 0 Å². The number of nitrogens with two attached hydrogens (primary N) is 1. The maximum absolute atomic E-state index is 5.51. The Morgan fingerprint density at radius 1 is 1.42 bits per heavy atom. The third kappa shape index (κ3) is 2.39. The molecule has 2 heterocycles. The number of benzene rings is 1. The van der Waals surface area contributed by atoms with Crippen molar-refractivity contribution in [2.75, 3.05) is 0 Å². The van der Waals surface area contributed by atoms with Crippen LogP contribution in [0.15, 0.2) is 22.8 Å². The molecule has 0 amide bonds. The van der Waals surface area contributed by atoms with Gasteiger partial charge in [-0.15, -0.1) is 5.10 Å². The summed E-state index contributed by atoms with van der Waals surface area (Å²) in [5.74, 6) is 0.852. The minimum atomic E-state index is 0.395. The Morgan fingerprint density at radius 3 is 3.00 bits per heavy atom. The summed E-state index contributed by atoms with van der Waals surface area (Å²) in [6.07, 6.45) is 1.83. The largest absolute Gasteiger partial charge is 0.340 e. The van der Waals surface area contributed by atoms with Gasteiger partial charge in [-0.05, 0) is 24.6 Å². The molecule has 3 rings (SSSR count). The normalized spacial score (nSPS) is 11.3. The SMILES string of the molecule is Cc1cc(Br)cc2[nH]c(Cn3cc(CN)nn3)nc12. The predicted octanol–water partition coefficient (Wildman–Crippen LogP) is 1.73. The first-order valence-corrected chi connectivity index (χ1v) is 6.69. The summed E-state index contributed by atoms with van der Waals surface area (Å²) in [5, 5.41) is 7.97. The van der Waals surface area contributed by atoms with Crippen molar-refractivity contribution in [2.24, 2.45) is 5.73 Å². The van der Waals surface area contributed by atoms with E-state index in [2.05, 4.69) is 42.3 Å². The summed E-state index contributed by atoms with van der Waals surface area (Å²) in [4.78, 5) is 7.88. The quantitative estimate of drug-likeness (QED) is 0.769. The highest BCUT2D eigenvalue weighted by Gasteiger charge is 2.08. The molecule has 0 aliphatic heterocycles. The van der Waals surface area contributed by atoms with Gasteiger partial charge in [0.1, 0.15) is 12.4 Å². The molecule has 2 aromatic heterocycles. The number of aromatic nitrogens is 5. The van der Waals surface area contributed by atoms with Crippen molar-refractivity contribution in [3.05, 3.63) is 39.9 Å². The summed E-state index contributed by atoms with van der Waals surface area (Å²) in [6.45, 7) is 2.99. The lowest BCUT2D eigenvalue weighted by Crippen LogP contribution is -2.02. The van der Waals surface area contributed by atoms with Crippen LogP contribution in [0.5, 0.6) is 0 Å². The smallest absolute Gasteiger partial charge is 0.129 e. The van der Waals surface area contributed by atoms with E-state index in [0.29, 0.717) is 13.1 Å². The molecular weight excluding hydrogens is 308 g/mol. The molecule has 0 radical (unpaired) electrons. The molecule has 0 aliphatic carbocycles. The summed E-state index contributed by atoms with van der Waals surface area (Å²) >= 11 is 3.48. The fourth-order valence-electron chi connectivity index (χ4n) is 2.04. The zero-order valence-corrected chi connectivity index (χ0v) is 12.0. The van der Waals surface area contributed by atoms with Crippen molar-refractivity contribution in [1.29, 1.82) is 0 Å². The van der Waals surface area contributed by atoms with Gasteiger partial charge in [0.2, 0.25) is 0 Å². The number of aryl methyl sites for hydroxylation is 1. The van der Waals surface area contributed by atoms with Crippen molar-refractivity contribution >= 4 is 27.0 Å². The fraction of sp³-hybridized carbons (Fsp3) is 0.250.